The van der Waals surface area contributed by atoms with Crippen LogP contribution in [-0.4, -0.2) is 36.3 Å². The maximum atomic E-state index is 13.0. The lowest BCUT2D eigenvalue weighted by molar-refractivity contribution is 0.0997. The smallest absolute Gasteiger partial charge is 0.279 e. The summed E-state index contributed by atoms with van der Waals surface area (Å²) in [4.78, 5) is 18.2. The molecule has 1 heterocycles. The van der Waals surface area contributed by atoms with E-state index in [1.807, 2.05) is 13.8 Å². The van der Waals surface area contributed by atoms with E-state index in [9.17, 15) is 13.2 Å². The zero-order valence-corrected chi connectivity index (χ0v) is 21.7. The van der Waals surface area contributed by atoms with Crippen molar-refractivity contribution < 1.29 is 13.2 Å². The summed E-state index contributed by atoms with van der Waals surface area (Å²) in [5, 5.41) is 0. The predicted molar refractivity (Wildman–Crippen MR) is 135 cm³/mol. The van der Waals surface area contributed by atoms with Crippen LogP contribution in [0.25, 0.3) is 10.2 Å². The Labute approximate surface area is 200 Å². The molecular formula is C25H33N3O3S2. The first-order chi connectivity index (χ1) is 15.7. The second kappa shape index (κ2) is 10.8. The van der Waals surface area contributed by atoms with E-state index in [-0.39, 0.29) is 10.8 Å². The number of hydrogen-bond donors (Lipinski definition) is 0. The largest absolute Gasteiger partial charge is 0.316 e. The molecule has 0 saturated heterocycles. The summed E-state index contributed by atoms with van der Waals surface area (Å²) in [5.41, 5.74) is 3.88. The van der Waals surface area contributed by atoms with Crippen molar-refractivity contribution in [1.82, 2.24) is 8.87 Å². The SMILES string of the molecule is CCCN(CCC)S(=O)(=O)c1ccc(C(=O)N=c2sc3cc(C)c(C)cc3n2CCC)cc1. The first-order valence-corrected chi connectivity index (χ1v) is 13.8. The van der Waals surface area contributed by atoms with Crippen molar-refractivity contribution in [3.05, 3.63) is 57.9 Å². The lowest BCUT2D eigenvalue weighted by Gasteiger charge is -2.21. The Kier molecular flexibility index (Phi) is 8.26. The molecule has 8 heteroatoms. The number of aromatic nitrogens is 1. The number of nitrogens with zero attached hydrogens (tertiary/aromatic N) is 3. The van der Waals surface area contributed by atoms with E-state index in [1.54, 1.807) is 12.1 Å². The zero-order chi connectivity index (χ0) is 24.2. The van der Waals surface area contributed by atoms with Crippen molar-refractivity contribution in [2.75, 3.05) is 13.1 Å². The van der Waals surface area contributed by atoms with Gasteiger partial charge in [0, 0.05) is 25.2 Å². The molecule has 0 unspecified atom stereocenters. The summed E-state index contributed by atoms with van der Waals surface area (Å²) in [6.07, 6.45) is 2.43. The molecule has 1 aromatic heterocycles. The molecule has 2 aromatic carbocycles. The van der Waals surface area contributed by atoms with E-state index in [4.69, 9.17) is 0 Å². The number of amides is 1. The van der Waals surface area contributed by atoms with E-state index in [2.05, 4.69) is 42.5 Å². The minimum atomic E-state index is -3.58. The van der Waals surface area contributed by atoms with E-state index >= 15 is 0 Å². The minimum absolute atomic E-state index is 0.204. The Morgan fingerprint density at radius 1 is 0.970 bits per heavy atom. The van der Waals surface area contributed by atoms with Crippen LogP contribution < -0.4 is 4.80 Å². The van der Waals surface area contributed by atoms with E-state index in [1.165, 1.54) is 38.9 Å². The minimum Gasteiger partial charge on any atom is -0.316 e. The Morgan fingerprint density at radius 2 is 1.58 bits per heavy atom. The molecule has 3 aromatic rings. The van der Waals surface area contributed by atoms with Crippen LogP contribution in [0.4, 0.5) is 0 Å². The molecule has 0 fully saturated rings. The number of sulfonamides is 1. The van der Waals surface area contributed by atoms with Crippen molar-refractivity contribution in [2.24, 2.45) is 4.99 Å². The van der Waals surface area contributed by atoms with E-state index in [0.29, 0.717) is 23.5 Å². The lowest BCUT2D eigenvalue weighted by atomic mass is 10.1. The molecule has 0 spiro atoms. The fraction of sp³-hybridized carbons (Fsp3) is 0.440. The molecule has 0 aliphatic carbocycles. The number of fused-ring (bicyclic) bond motifs is 1. The maximum Gasteiger partial charge on any atom is 0.279 e. The number of thiazole rings is 1. The third-order valence-corrected chi connectivity index (χ3v) is 8.58. The molecular weight excluding hydrogens is 454 g/mol. The van der Waals surface area contributed by atoms with Gasteiger partial charge in [0.2, 0.25) is 10.0 Å². The molecule has 6 nitrogen and oxygen atoms in total. The number of benzene rings is 2. The highest BCUT2D eigenvalue weighted by atomic mass is 32.2. The second-order valence-electron chi connectivity index (χ2n) is 8.29. The van der Waals surface area contributed by atoms with Crippen LogP contribution in [0.3, 0.4) is 0 Å². The Hall–Kier alpha value is -2.29. The van der Waals surface area contributed by atoms with Gasteiger partial charge in [-0.05, 0) is 80.6 Å². The molecule has 0 aliphatic heterocycles. The fourth-order valence-corrected chi connectivity index (χ4v) is 6.53. The first kappa shape index (κ1) is 25.3. The van der Waals surface area contributed by atoms with Gasteiger partial charge in [-0.3, -0.25) is 4.79 Å². The van der Waals surface area contributed by atoms with Crippen molar-refractivity contribution in [3.63, 3.8) is 0 Å². The summed E-state index contributed by atoms with van der Waals surface area (Å²) in [7, 11) is -3.58. The van der Waals surface area contributed by atoms with Crippen LogP contribution in [0.15, 0.2) is 46.3 Å². The highest BCUT2D eigenvalue weighted by Crippen LogP contribution is 2.23. The van der Waals surface area contributed by atoms with Gasteiger partial charge in [0.1, 0.15) is 0 Å². The number of hydrogen-bond acceptors (Lipinski definition) is 4. The van der Waals surface area contributed by atoms with Gasteiger partial charge in [0.15, 0.2) is 4.80 Å². The van der Waals surface area contributed by atoms with Gasteiger partial charge in [0.05, 0.1) is 15.1 Å². The highest BCUT2D eigenvalue weighted by molar-refractivity contribution is 7.89. The van der Waals surface area contributed by atoms with Crippen molar-refractivity contribution in [2.45, 2.75) is 65.3 Å². The fourth-order valence-electron chi connectivity index (χ4n) is 3.77. The van der Waals surface area contributed by atoms with Crippen LogP contribution >= 0.6 is 11.3 Å². The predicted octanol–water partition coefficient (Wildman–Crippen LogP) is 5.28. The van der Waals surface area contributed by atoms with Gasteiger partial charge in [-0.1, -0.05) is 32.1 Å². The molecule has 0 saturated carbocycles. The van der Waals surface area contributed by atoms with E-state index < -0.39 is 10.0 Å². The van der Waals surface area contributed by atoms with Crippen LogP contribution in [0.2, 0.25) is 0 Å². The molecule has 0 N–H and O–H groups in total. The standard InChI is InChI=1S/C25H33N3O3S2/c1-6-13-27(14-7-2)33(30,31)21-11-9-20(10-12-21)24(29)26-25-28(15-8-3)22-16-18(4)19(5)17-23(22)32-25/h9-12,16-17H,6-8,13-15H2,1-5H3. The highest BCUT2D eigenvalue weighted by Gasteiger charge is 2.23. The number of aryl methyl sites for hydroxylation is 3. The normalized spacial score (nSPS) is 12.7. The van der Waals surface area contributed by atoms with Gasteiger partial charge in [-0.25, -0.2) is 8.42 Å². The summed E-state index contributed by atoms with van der Waals surface area (Å²) in [5.74, 6) is -0.372. The lowest BCUT2D eigenvalue weighted by Crippen LogP contribution is -2.32. The monoisotopic (exact) mass is 487 g/mol. The molecule has 178 valence electrons. The molecule has 0 radical (unpaired) electrons. The van der Waals surface area contributed by atoms with Crippen LogP contribution in [-0.2, 0) is 16.6 Å². The van der Waals surface area contributed by atoms with E-state index in [0.717, 1.165) is 36.0 Å². The van der Waals surface area contributed by atoms with Gasteiger partial charge < -0.3 is 4.57 Å². The molecule has 33 heavy (non-hydrogen) atoms. The molecule has 0 atom stereocenters. The molecule has 0 bridgehead atoms. The topological polar surface area (TPSA) is 71.7 Å². The van der Waals surface area contributed by atoms with Gasteiger partial charge in [-0.2, -0.15) is 9.30 Å². The summed E-state index contributed by atoms with van der Waals surface area (Å²) >= 11 is 1.50. The van der Waals surface area contributed by atoms with Crippen molar-refractivity contribution in [3.8, 4) is 0 Å². The Balaban J connectivity index is 1.97. The maximum absolute atomic E-state index is 13.0. The number of carbonyl (C=O) groups is 1. The summed E-state index contributed by atoms with van der Waals surface area (Å²) < 4.78 is 30.6. The number of carbonyl (C=O) groups excluding carboxylic acids is 1. The molecule has 3 rings (SSSR count). The average Bonchev–Trinajstić information content (AvgIpc) is 3.10. The molecule has 1 amide bonds. The average molecular weight is 488 g/mol. The summed E-state index contributed by atoms with van der Waals surface area (Å²) in [6.45, 7) is 11.9. The third kappa shape index (κ3) is 5.45. The van der Waals surface area contributed by atoms with Gasteiger partial charge in [0.25, 0.3) is 5.91 Å². The quantitative estimate of drug-likeness (QED) is 0.412. The second-order valence-corrected chi connectivity index (χ2v) is 11.2. The number of rotatable bonds is 9. The summed E-state index contributed by atoms with van der Waals surface area (Å²) in [6, 6.07) is 10.4. The van der Waals surface area contributed by atoms with Crippen molar-refractivity contribution >= 4 is 37.5 Å². The zero-order valence-electron chi connectivity index (χ0n) is 20.1. The van der Waals surface area contributed by atoms with Gasteiger partial charge in [-0.15, -0.1) is 0 Å². The molecule has 0 aliphatic rings. The van der Waals surface area contributed by atoms with Crippen LogP contribution in [0, 0.1) is 13.8 Å². The Morgan fingerprint density at radius 3 is 2.15 bits per heavy atom. The van der Waals surface area contributed by atoms with Gasteiger partial charge >= 0.3 is 0 Å². The first-order valence-electron chi connectivity index (χ1n) is 11.5. The van der Waals surface area contributed by atoms with Crippen LogP contribution in [0.5, 0.6) is 0 Å². The van der Waals surface area contributed by atoms with Crippen LogP contribution in [0.1, 0.15) is 61.5 Å². The third-order valence-electron chi connectivity index (χ3n) is 5.63. The Bertz CT molecular complexity index is 1300. The van der Waals surface area contributed by atoms with Crippen molar-refractivity contribution in [1.29, 1.82) is 0 Å².